The Kier molecular flexibility index (Phi) is 6.02. The van der Waals surface area contributed by atoms with Crippen LogP contribution in [0.4, 0.5) is 0 Å². The number of amides is 1. The van der Waals surface area contributed by atoms with Crippen molar-refractivity contribution >= 4 is 5.91 Å². The van der Waals surface area contributed by atoms with Crippen LogP contribution >= 0.6 is 0 Å². The van der Waals surface area contributed by atoms with Crippen LogP contribution in [0.15, 0.2) is 0 Å². The molecule has 1 heterocycles. The molecule has 1 aromatic rings. The second-order valence-corrected chi connectivity index (χ2v) is 4.96. The highest BCUT2D eigenvalue weighted by Gasteiger charge is 2.14. The average Bonchev–Trinajstić information content (AvgIpc) is 2.62. The van der Waals surface area contributed by atoms with Crippen molar-refractivity contribution in [3.8, 4) is 0 Å². The first-order chi connectivity index (χ1) is 8.99. The third-order valence-electron chi connectivity index (χ3n) is 3.40. The van der Waals surface area contributed by atoms with Crippen LogP contribution in [0.1, 0.15) is 44.1 Å². The van der Waals surface area contributed by atoms with Gasteiger partial charge in [-0.25, -0.2) is 0 Å². The van der Waals surface area contributed by atoms with Crippen molar-refractivity contribution in [3.05, 3.63) is 17.0 Å². The maximum atomic E-state index is 11.9. The Hall–Kier alpha value is -1.36. The van der Waals surface area contributed by atoms with E-state index in [0.717, 1.165) is 30.9 Å². The summed E-state index contributed by atoms with van der Waals surface area (Å²) < 4.78 is 1.79. The highest BCUT2D eigenvalue weighted by Crippen LogP contribution is 2.12. The van der Waals surface area contributed by atoms with E-state index in [1.54, 1.807) is 4.68 Å². The number of nitrogens with zero attached hydrogens (tertiary/aromatic N) is 2. The number of hydrogen-bond acceptors (Lipinski definition) is 3. The summed E-state index contributed by atoms with van der Waals surface area (Å²) >= 11 is 0. The lowest BCUT2D eigenvalue weighted by Crippen LogP contribution is -2.35. The summed E-state index contributed by atoms with van der Waals surface area (Å²) in [5.41, 5.74) is 3.26. The van der Waals surface area contributed by atoms with Crippen LogP contribution in [0.3, 0.4) is 0 Å². The fourth-order valence-corrected chi connectivity index (χ4v) is 1.95. The molecule has 0 spiro atoms. The summed E-state index contributed by atoms with van der Waals surface area (Å²) in [5, 5.41) is 10.7. The molecular weight excluding hydrogens is 240 g/mol. The van der Waals surface area contributed by atoms with Gasteiger partial charge < -0.3 is 10.6 Å². The molecule has 0 fully saturated rings. The predicted octanol–water partition coefficient (Wildman–Crippen LogP) is 1.52. The molecule has 5 nitrogen and oxygen atoms in total. The van der Waals surface area contributed by atoms with Gasteiger partial charge in [0.15, 0.2) is 0 Å². The lowest BCUT2D eigenvalue weighted by Gasteiger charge is -2.12. The van der Waals surface area contributed by atoms with E-state index < -0.39 is 0 Å². The topological polar surface area (TPSA) is 59.0 Å². The van der Waals surface area contributed by atoms with Crippen LogP contribution in [0.2, 0.25) is 0 Å². The van der Waals surface area contributed by atoms with Gasteiger partial charge in [-0.1, -0.05) is 13.8 Å². The van der Waals surface area contributed by atoms with Gasteiger partial charge in [0.05, 0.1) is 5.69 Å². The molecule has 1 amide bonds. The van der Waals surface area contributed by atoms with Crippen molar-refractivity contribution in [2.24, 2.45) is 0 Å². The highest BCUT2D eigenvalue weighted by atomic mass is 16.2. The average molecular weight is 266 g/mol. The Morgan fingerprint density at radius 2 is 2.05 bits per heavy atom. The van der Waals surface area contributed by atoms with Crippen molar-refractivity contribution in [1.82, 2.24) is 20.4 Å². The summed E-state index contributed by atoms with van der Waals surface area (Å²) in [5.74, 6) is 0.0231. The fourth-order valence-electron chi connectivity index (χ4n) is 1.95. The van der Waals surface area contributed by atoms with Crippen LogP contribution in [-0.2, 0) is 17.9 Å². The van der Waals surface area contributed by atoms with Gasteiger partial charge in [0.25, 0.3) is 0 Å². The van der Waals surface area contributed by atoms with Crippen LogP contribution in [0.25, 0.3) is 0 Å². The van der Waals surface area contributed by atoms with Gasteiger partial charge >= 0.3 is 0 Å². The zero-order chi connectivity index (χ0) is 14.4. The van der Waals surface area contributed by atoms with E-state index in [0.29, 0.717) is 6.54 Å². The Morgan fingerprint density at radius 3 is 2.63 bits per heavy atom. The third kappa shape index (κ3) is 4.35. The molecule has 0 saturated carbocycles. The van der Waals surface area contributed by atoms with Gasteiger partial charge in [-0.05, 0) is 33.7 Å². The molecule has 5 heteroatoms. The van der Waals surface area contributed by atoms with Crippen molar-refractivity contribution in [2.45, 2.75) is 60.2 Å². The van der Waals surface area contributed by atoms with Crippen molar-refractivity contribution < 1.29 is 4.79 Å². The van der Waals surface area contributed by atoms with Gasteiger partial charge in [-0.15, -0.1) is 0 Å². The molecule has 1 unspecified atom stereocenters. The Balaban J connectivity index is 2.71. The second kappa shape index (κ2) is 7.28. The van der Waals surface area contributed by atoms with Crippen LogP contribution in [0, 0.1) is 13.8 Å². The molecule has 0 saturated heterocycles. The maximum absolute atomic E-state index is 11.9. The largest absolute Gasteiger partial charge is 0.352 e. The zero-order valence-electron chi connectivity index (χ0n) is 12.7. The zero-order valence-corrected chi connectivity index (χ0v) is 12.7. The summed E-state index contributed by atoms with van der Waals surface area (Å²) in [6.07, 6.45) is 0.939. The first kappa shape index (κ1) is 15.7. The van der Waals surface area contributed by atoms with E-state index in [9.17, 15) is 4.79 Å². The van der Waals surface area contributed by atoms with Gasteiger partial charge in [0.2, 0.25) is 5.91 Å². The number of hydrogen-bond donors (Lipinski definition) is 2. The van der Waals surface area contributed by atoms with Crippen molar-refractivity contribution in [2.75, 3.05) is 6.54 Å². The SMILES string of the molecule is CCNCc1c(C)nn(CC(=O)NC(C)CC)c1C. The van der Waals surface area contributed by atoms with Crippen LogP contribution < -0.4 is 10.6 Å². The number of aromatic nitrogens is 2. The minimum Gasteiger partial charge on any atom is -0.352 e. The summed E-state index contributed by atoms with van der Waals surface area (Å²) in [4.78, 5) is 11.9. The highest BCUT2D eigenvalue weighted by molar-refractivity contribution is 5.76. The van der Waals surface area contributed by atoms with Crippen LogP contribution in [0.5, 0.6) is 0 Å². The maximum Gasteiger partial charge on any atom is 0.241 e. The Bertz CT molecular complexity index is 425. The van der Waals surface area contributed by atoms with Crippen LogP contribution in [-0.4, -0.2) is 28.3 Å². The molecule has 0 aliphatic heterocycles. The minimum absolute atomic E-state index is 0.0231. The minimum atomic E-state index is 0.0231. The molecule has 0 radical (unpaired) electrons. The number of carbonyl (C=O) groups excluding carboxylic acids is 1. The molecule has 0 bridgehead atoms. The fraction of sp³-hybridized carbons (Fsp3) is 0.714. The summed E-state index contributed by atoms with van der Waals surface area (Å²) in [6, 6.07) is 0.214. The molecule has 1 rings (SSSR count). The Morgan fingerprint density at radius 1 is 1.37 bits per heavy atom. The normalized spacial score (nSPS) is 12.5. The first-order valence-corrected chi connectivity index (χ1v) is 7.02. The molecule has 0 aliphatic rings. The van der Waals surface area contributed by atoms with E-state index in [1.807, 2.05) is 20.8 Å². The van der Waals surface area contributed by atoms with Gasteiger partial charge in [-0.2, -0.15) is 5.10 Å². The predicted molar refractivity (Wildman–Crippen MR) is 77.0 cm³/mol. The van der Waals surface area contributed by atoms with E-state index in [-0.39, 0.29) is 11.9 Å². The monoisotopic (exact) mass is 266 g/mol. The molecule has 0 aliphatic carbocycles. The number of carbonyl (C=O) groups is 1. The molecular formula is C14H26N4O. The van der Waals surface area contributed by atoms with E-state index >= 15 is 0 Å². The van der Waals surface area contributed by atoms with Gasteiger partial charge in [0, 0.05) is 23.8 Å². The number of aryl methyl sites for hydroxylation is 1. The standard InChI is InChI=1S/C14H26N4O/c1-6-10(3)16-14(19)9-18-12(5)13(8-15-7-2)11(4)17-18/h10,15H,6-9H2,1-5H3,(H,16,19). The first-order valence-electron chi connectivity index (χ1n) is 7.02. The smallest absolute Gasteiger partial charge is 0.241 e. The molecule has 19 heavy (non-hydrogen) atoms. The van der Waals surface area contributed by atoms with Gasteiger partial charge in [0.1, 0.15) is 6.54 Å². The molecule has 1 aromatic heterocycles. The molecule has 108 valence electrons. The van der Waals surface area contributed by atoms with E-state index in [2.05, 4.69) is 29.6 Å². The molecule has 1 atom stereocenters. The van der Waals surface area contributed by atoms with E-state index in [1.165, 1.54) is 5.56 Å². The third-order valence-corrected chi connectivity index (χ3v) is 3.40. The molecule has 2 N–H and O–H groups in total. The Labute approximate surface area is 115 Å². The van der Waals surface area contributed by atoms with E-state index in [4.69, 9.17) is 0 Å². The lowest BCUT2D eigenvalue weighted by atomic mass is 10.2. The number of nitrogens with one attached hydrogen (secondary N) is 2. The van der Waals surface area contributed by atoms with Crippen molar-refractivity contribution in [3.63, 3.8) is 0 Å². The quantitative estimate of drug-likeness (QED) is 0.787. The molecule has 0 aromatic carbocycles. The summed E-state index contributed by atoms with van der Waals surface area (Å²) in [7, 11) is 0. The van der Waals surface area contributed by atoms with Gasteiger partial charge in [-0.3, -0.25) is 9.48 Å². The number of rotatable bonds is 7. The second-order valence-electron chi connectivity index (χ2n) is 4.96. The summed E-state index contributed by atoms with van der Waals surface area (Å²) in [6.45, 7) is 12.2. The lowest BCUT2D eigenvalue weighted by molar-refractivity contribution is -0.122. The van der Waals surface area contributed by atoms with Crippen molar-refractivity contribution in [1.29, 1.82) is 0 Å².